The number of carbonyl (C=O) groups is 3. The Hall–Kier alpha value is -2.52. The zero-order valence-corrected chi connectivity index (χ0v) is 18.0. The molecule has 7 nitrogen and oxygen atoms in total. The predicted octanol–water partition coefficient (Wildman–Crippen LogP) is 2.51. The number of benzene rings is 1. The van der Waals surface area contributed by atoms with Gasteiger partial charge in [-0.1, -0.05) is 18.2 Å². The van der Waals surface area contributed by atoms with Gasteiger partial charge < -0.3 is 4.90 Å². The van der Waals surface area contributed by atoms with Crippen LogP contribution in [0.15, 0.2) is 41.8 Å². The second kappa shape index (κ2) is 8.31. The van der Waals surface area contributed by atoms with Crippen molar-refractivity contribution in [2.75, 3.05) is 25.4 Å². The van der Waals surface area contributed by atoms with E-state index >= 15 is 0 Å². The van der Waals surface area contributed by atoms with Crippen LogP contribution in [0.25, 0.3) is 0 Å². The highest BCUT2D eigenvalue weighted by molar-refractivity contribution is 7.91. The maximum Gasteiger partial charge on any atom is 0.261 e. The topological polar surface area (TPSA) is 91.8 Å². The molecule has 0 spiro atoms. The van der Waals surface area contributed by atoms with Crippen molar-refractivity contribution in [3.05, 3.63) is 57.8 Å². The number of thiophene rings is 1. The second-order valence-corrected chi connectivity index (χ2v) is 10.7. The Kier molecular flexibility index (Phi) is 5.75. The number of fused-ring (bicyclic) bond motifs is 1. The van der Waals surface area contributed by atoms with Crippen LogP contribution in [0.4, 0.5) is 0 Å². The van der Waals surface area contributed by atoms with Crippen LogP contribution in [0.2, 0.25) is 0 Å². The fourth-order valence-electron chi connectivity index (χ4n) is 3.98. The molecule has 1 atom stereocenters. The van der Waals surface area contributed by atoms with Gasteiger partial charge in [0.1, 0.15) is 0 Å². The third kappa shape index (κ3) is 3.91. The largest absolute Gasteiger partial charge is 0.342 e. The van der Waals surface area contributed by atoms with E-state index in [4.69, 9.17) is 0 Å². The van der Waals surface area contributed by atoms with Crippen molar-refractivity contribution in [2.24, 2.45) is 0 Å². The normalized spacial score (nSPS) is 20.9. The molecule has 30 heavy (non-hydrogen) atoms. The Bertz CT molecular complexity index is 1040. The first kappa shape index (κ1) is 20.7. The first-order valence-electron chi connectivity index (χ1n) is 9.86. The molecule has 0 radical (unpaired) electrons. The zero-order chi connectivity index (χ0) is 21.3. The molecule has 0 saturated carbocycles. The van der Waals surface area contributed by atoms with Crippen molar-refractivity contribution >= 4 is 38.9 Å². The monoisotopic (exact) mass is 446 g/mol. The summed E-state index contributed by atoms with van der Waals surface area (Å²) in [6, 6.07) is 10.3. The third-order valence-corrected chi connectivity index (χ3v) is 8.85. The minimum absolute atomic E-state index is 0.0558. The molecule has 4 rings (SSSR count). The number of hydrogen-bond donors (Lipinski definition) is 0. The summed E-state index contributed by atoms with van der Waals surface area (Å²) in [6.45, 7) is 0.728. The van der Waals surface area contributed by atoms with Gasteiger partial charge in [-0.3, -0.25) is 19.3 Å². The van der Waals surface area contributed by atoms with Crippen LogP contribution in [0.5, 0.6) is 0 Å². The molecular formula is C21H22N2O5S2. The van der Waals surface area contributed by atoms with Crippen molar-refractivity contribution in [3.8, 4) is 0 Å². The first-order chi connectivity index (χ1) is 14.4. The molecule has 1 fully saturated rings. The van der Waals surface area contributed by atoms with Crippen LogP contribution in [0, 0.1) is 0 Å². The van der Waals surface area contributed by atoms with Crippen molar-refractivity contribution < 1.29 is 22.8 Å². The Morgan fingerprint density at radius 3 is 2.37 bits per heavy atom. The standard InChI is InChI=1S/C21H22N2O5S2/c24-19(8-3-10-23-20(25)15-5-1-2-6-16(15)21(23)26)22-11-9-18(17-7-4-13-29-17)30(27,28)14-12-22/h1-2,4-7,13,18H,3,8-12,14H2. The molecule has 158 valence electrons. The fourth-order valence-corrected chi connectivity index (χ4v) is 6.98. The number of imide groups is 1. The van der Waals surface area contributed by atoms with Crippen LogP contribution in [-0.4, -0.2) is 61.3 Å². The molecule has 2 aliphatic heterocycles. The van der Waals surface area contributed by atoms with Gasteiger partial charge in [-0.15, -0.1) is 11.3 Å². The molecule has 1 unspecified atom stereocenters. The highest BCUT2D eigenvalue weighted by Crippen LogP contribution is 2.32. The van der Waals surface area contributed by atoms with Crippen LogP contribution in [0.3, 0.4) is 0 Å². The number of amides is 3. The Balaban J connectivity index is 1.33. The quantitative estimate of drug-likeness (QED) is 0.658. The number of carbonyl (C=O) groups excluding carboxylic acids is 3. The molecule has 0 aliphatic carbocycles. The Morgan fingerprint density at radius 1 is 1.03 bits per heavy atom. The third-order valence-electron chi connectivity index (χ3n) is 5.60. The number of sulfone groups is 1. The van der Waals surface area contributed by atoms with Crippen molar-refractivity contribution in [1.29, 1.82) is 0 Å². The Morgan fingerprint density at radius 2 is 1.73 bits per heavy atom. The van der Waals surface area contributed by atoms with E-state index in [2.05, 4.69) is 0 Å². The lowest BCUT2D eigenvalue weighted by Crippen LogP contribution is -2.35. The molecule has 9 heteroatoms. The maximum absolute atomic E-state index is 12.7. The molecule has 0 N–H and O–H groups in total. The average molecular weight is 447 g/mol. The summed E-state index contributed by atoms with van der Waals surface area (Å²) < 4.78 is 25.2. The summed E-state index contributed by atoms with van der Waals surface area (Å²) in [7, 11) is -3.31. The lowest BCUT2D eigenvalue weighted by atomic mass is 10.1. The lowest BCUT2D eigenvalue weighted by Gasteiger charge is -2.20. The summed E-state index contributed by atoms with van der Waals surface area (Å²) in [5.41, 5.74) is 0.789. The molecule has 3 amide bonds. The van der Waals surface area contributed by atoms with E-state index in [-0.39, 0.29) is 43.0 Å². The molecule has 0 bridgehead atoms. The van der Waals surface area contributed by atoms with Crippen LogP contribution in [0.1, 0.15) is 50.1 Å². The molecule has 1 saturated heterocycles. The summed E-state index contributed by atoms with van der Waals surface area (Å²) in [5, 5.41) is 1.30. The van der Waals surface area contributed by atoms with Crippen LogP contribution < -0.4 is 0 Å². The van der Waals surface area contributed by atoms with Crippen LogP contribution >= 0.6 is 11.3 Å². The summed E-state index contributed by atoms with van der Waals surface area (Å²) in [5.74, 6) is -0.862. The van der Waals surface area contributed by atoms with Crippen LogP contribution in [-0.2, 0) is 14.6 Å². The van der Waals surface area contributed by atoms with Crippen molar-refractivity contribution in [2.45, 2.75) is 24.5 Å². The van der Waals surface area contributed by atoms with Gasteiger partial charge >= 0.3 is 0 Å². The number of hydrogen-bond acceptors (Lipinski definition) is 6. The van der Waals surface area contributed by atoms with Gasteiger partial charge in [0.15, 0.2) is 9.84 Å². The minimum atomic E-state index is -3.31. The zero-order valence-electron chi connectivity index (χ0n) is 16.3. The van der Waals surface area contributed by atoms with E-state index in [0.29, 0.717) is 30.5 Å². The summed E-state index contributed by atoms with van der Waals surface area (Å²) in [6.07, 6.45) is 0.895. The molecule has 3 heterocycles. The second-order valence-electron chi connectivity index (χ2n) is 7.45. The highest BCUT2D eigenvalue weighted by atomic mass is 32.2. The van der Waals surface area contributed by atoms with E-state index < -0.39 is 15.1 Å². The molecule has 1 aromatic heterocycles. The van der Waals surface area contributed by atoms with Gasteiger partial charge in [0.2, 0.25) is 5.91 Å². The lowest BCUT2D eigenvalue weighted by molar-refractivity contribution is -0.131. The molecule has 1 aromatic carbocycles. The highest BCUT2D eigenvalue weighted by Gasteiger charge is 2.35. The SMILES string of the molecule is O=C(CCCN1C(=O)c2ccccc2C1=O)N1CCC(c2cccs2)S(=O)(=O)CC1. The van der Waals surface area contributed by atoms with Gasteiger partial charge in [0.05, 0.1) is 22.1 Å². The fraction of sp³-hybridized carbons (Fsp3) is 0.381. The van der Waals surface area contributed by atoms with Gasteiger partial charge in [-0.25, -0.2) is 8.42 Å². The van der Waals surface area contributed by atoms with E-state index in [1.54, 1.807) is 29.2 Å². The molecule has 2 aliphatic rings. The minimum Gasteiger partial charge on any atom is -0.342 e. The van der Waals surface area contributed by atoms with Gasteiger partial charge in [-0.05, 0) is 36.4 Å². The van der Waals surface area contributed by atoms with E-state index in [1.165, 1.54) is 16.2 Å². The van der Waals surface area contributed by atoms with Gasteiger partial charge in [0, 0.05) is 30.9 Å². The smallest absolute Gasteiger partial charge is 0.261 e. The van der Waals surface area contributed by atoms with E-state index in [9.17, 15) is 22.8 Å². The summed E-state index contributed by atoms with van der Waals surface area (Å²) in [4.78, 5) is 41.0. The average Bonchev–Trinajstić information content (AvgIpc) is 3.29. The van der Waals surface area contributed by atoms with E-state index in [0.717, 1.165) is 4.88 Å². The Labute approximate surface area is 179 Å². The summed E-state index contributed by atoms with van der Waals surface area (Å²) >= 11 is 1.42. The molecular weight excluding hydrogens is 424 g/mol. The maximum atomic E-state index is 12.7. The van der Waals surface area contributed by atoms with Gasteiger partial charge in [0.25, 0.3) is 11.8 Å². The predicted molar refractivity (Wildman–Crippen MR) is 113 cm³/mol. The number of nitrogens with zero attached hydrogens (tertiary/aromatic N) is 2. The number of rotatable bonds is 5. The molecule has 2 aromatic rings. The van der Waals surface area contributed by atoms with Gasteiger partial charge in [-0.2, -0.15) is 0 Å². The van der Waals surface area contributed by atoms with Crippen molar-refractivity contribution in [1.82, 2.24) is 9.80 Å². The van der Waals surface area contributed by atoms with E-state index in [1.807, 2.05) is 17.5 Å². The first-order valence-corrected chi connectivity index (χ1v) is 12.5. The van der Waals surface area contributed by atoms with Crippen molar-refractivity contribution in [3.63, 3.8) is 0 Å².